The Hall–Kier alpha value is -1.79. The van der Waals surface area contributed by atoms with Crippen LogP contribution in [-0.2, 0) is 4.79 Å². The molecule has 7 nitrogen and oxygen atoms in total. The molecule has 1 aliphatic heterocycles. The molecule has 0 unspecified atom stereocenters. The minimum Gasteiger partial charge on any atom is -0.464 e. The predicted octanol–water partition coefficient (Wildman–Crippen LogP) is -0.556. The molecule has 7 heteroatoms. The highest BCUT2D eigenvalue weighted by molar-refractivity contribution is 5.91. The van der Waals surface area contributed by atoms with Crippen molar-refractivity contribution in [2.45, 2.75) is 0 Å². The van der Waals surface area contributed by atoms with Crippen LogP contribution in [-0.4, -0.2) is 51.3 Å². The smallest absolute Gasteiger partial charge is 0.426 e. The molecular weight excluding hydrogens is 168 g/mol. The Morgan fingerprint density at radius 2 is 1.42 bits per heavy atom. The van der Waals surface area contributed by atoms with Gasteiger partial charge in [-0.15, -0.1) is 0 Å². The number of nitrogens with zero attached hydrogens (tertiary/aromatic N) is 2. The fraction of sp³-hybridized carbons (Fsp3) is 0.400. The molecule has 0 aromatic carbocycles. The molecule has 1 heterocycles. The molecule has 12 heavy (non-hydrogen) atoms. The van der Waals surface area contributed by atoms with Crippen molar-refractivity contribution in [1.29, 1.82) is 0 Å². The molecule has 0 atom stereocenters. The highest BCUT2D eigenvalue weighted by Gasteiger charge is 2.35. The van der Waals surface area contributed by atoms with Gasteiger partial charge in [-0.1, -0.05) is 0 Å². The van der Waals surface area contributed by atoms with Crippen molar-refractivity contribution in [2.75, 3.05) is 13.1 Å². The number of ketones is 1. The zero-order valence-electron chi connectivity index (χ0n) is 5.93. The second kappa shape index (κ2) is 2.68. The monoisotopic (exact) mass is 174 g/mol. The maximum Gasteiger partial charge on any atom is 0.426 e. The van der Waals surface area contributed by atoms with Crippen LogP contribution < -0.4 is 0 Å². The average Bonchev–Trinajstić information content (AvgIpc) is 2.31. The van der Waals surface area contributed by atoms with E-state index in [0.717, 1.165) is 0 Å². The summed E-state index contributed by atoms with van der Waals surface area (Å²) < 4.78 is 0. The first kappa shape index (κ1) is 8.31. The van der Waals surface area contributed by atoms with Crippen LogP contribution in [0, 0.1) is 0 Å². The van der Waals surface area contributed by atoms with E-state index in [1.54, 1.807) is 0 Å². The normalized spacial score (nSPS) is 16.8. The second-order valence-corrected chi connectivity index (χ2v) is 2.22. The van der Waals surface area contributed by atoms with Crippen molar-refractivity contribution in [3.8, 4) is 0 Å². The highest BCUT2D eigenvalue weighted by Crippen LogP contribution is 2.07. The van der Waals surface area contributed by atoms with E-state index in [2.05, 4.69) is 0 Å². The summed E-state index contributed by atoms with van der Waals surface area (Å²) in [4.78, 5) is 31.3. The number of hydrogen-bond acceptors (Lipinski definition) is 3. The van der Waals surface area contributed by atoms with Gasteiger partial charge in [0.1, 0.15) is 13.1 Å². The van der Waals surface area contributed by atoms with Crippen LogP contribution in [0.2, 0.25) is 0 Å². The van der Waals surface area contributed by atoms with Crippen LogP contribution in [0.1, 0.15) is 0 Å². The van der Waals surface area contributed by atoms with Crippen LogP contribution in [0.5, 0.6) is 0 Å². The van der Waals surface area contributed by atoms with Crippen LogP contribution in [0.3, 0.4) is 0 Å². The van der Waals surface area contributed by atoms with Gasteiger partial charge >= 0.3 is 12.2 Å². The first-order chi connectivity index (χ1) is 5.52. The Morgan fingerprint density at radius 1 is 1.08 bits per heavy atom. The number of carbonyl (C=O) groups excluding carboxylic acids is 1. The van der Waals surface area contributed by atoms with Crippen molar-refractivity contribution in [2.24, 2.45) is 0 Å². The topological polar surface area (TPSA) is 98.2 Å². The van der Waals surface area contributed by atoms with Crippen LogP contribution in [0.25, 0.3) is 0 Å². The lowest BCUT2D eigenvalue weighted by Gasteiger charge is -2.20. The Labute approximate surface area is 66.8 Å². The third-order valence-electron chi connectivity index (χ3n) is 1.39. The molecule has 1 saturated heterocycles. The lowest BCUT2D eigenvalue weighted by atomic mass is 10.4. The molecule has 0 radical (unpaired) electrons. The number of carboxylic acid groups (broad SMARTS) is 2. The maximum absolute atomic E-state index is 10.7. The van der Waals surface area contributed by atoms with Crippen LogP contribution in [0.15, 0.2) is 0 Å². The van der Waals surface area contributed by atoms with Gasteiger partial charge in [-0.3, -0.25) is 4.79 Å². The van der Waals surface area contributed by atoms with Gasteiger partial charge in [0.15, 0.2) is 5.78 Å². The van der Waals surface area contributed by atoms with Crippen molar-refractivity contribution < 1.29 is 24.6 Å². The van der Waals surface area contributed by atoms with E-state index < -0.39 is 18.0 Å². The zero-order chi connectivity index (χ0) is 9.30. The first-order valence-electron chi connectivity index (χ1n) is 3.05. The zero-order valence-corrected chi connectivity index (χ0v) is 5.93. The molecule has 1 aliphatic rings. The summed E-state index contributed by atoms with van der Waals surface area (Å²) >= 11 is 0. The molecule has 2 amide bonds. The second-order valence-electron chi connectivity index (χ2n) is 2.22. The van der Waals surface area contributed by atoms with Gasteiger partial charge in [0.05, 0.1) is 0 Å². The summed E-state index contributed by atoms with van der Waals surface area (Å²) in [5.41, 5.74) is 0. The fourth-order valence-electron chi connectivity index (χ4n) is 0.897. The van der Waals surface area contributed by atoms with Crippen LogP contribution >= 0.6 is 0 Å². The van der Waals surface area contributed by atoms with Crippen molar-refractivity contribution in [1.82, 2.24) is 10.0 Å². The summed E-state index contributed by atoms with van der Waals surface area (Å²) in [7, 11) is 0. The van der Waals surface area contributed by atoms with Crippen molar-refractivity contribution in [3.05, 3.63) is 0 Å². The van der Waals surface area contributed by atoms with Gasteiger partial charge in [-0.05, 0) is 0 Å². The molecule has 0 aromatic rings. The minimum atomic E-state index is -1.44. The summed E-state index contributed by atoms with van der Waals surface area (Å²) in [5.74, 6) is -0.431. The fourth-order valence-corrected chi connectivity index (χ4v) is 0.897. The van der Waals surface area contributed by atoms with Gasteiger partial charge < -0.3 is 10.2 Å². The third-order valence-corrected chi connectivity index (χ3v) is 1.39. The van der Waals surface area contributed by atoms with Gasteiger partial charge in [0, 0.05) is 0 Å². The molecular formula is C5H6N2O5. The summed E-state index contributed by atoms with van der Waals surface area (Å²) in [6.07, 6.45) is -2.88. The van der Waals surface area contributed by atoms with E-state index in [0.29, 0.717) is 10.0 Å². The number of amides is 2. The number of hydrogen-bond donors (Lipinski definition) is 2. The largest absolute Gasteiger partial charge is 0.464 e. The summed E-state index contributed by atoms with van der Waals surface area (Å²) in [6.45, 7) is -0.775. The molecule has 1 fully saturated rings. The Kier molecular flexibility index (Phi) is 1.86. The molecule has 1 rings (SSSR count). The van der Waals surface area contributed by atoms with E-state index in [1.807, 2.05) is 0 Å². The van der Waals surface area contributed by atoms with E-state index >= 15 is 0 Å². The van der Waals surface area contributed by atoms with Gasteiger partial charge in [0.2, 0.25) is 0 Å². The minimum absolute atomic E-state index is 0.387. The number of carbonyl (C=O) groups is 3. The molecule has 0 bridgehead atoms. The van der Waals surface area contributed by atoms with Gasteiger partial charge in [-0.25, -0.2) is 19.6 Å². The van der Waals surface area contributed by atoms with Crippen LogP contribution in [0.4, 0.5) is 9.59 Å². The van der Waals surface area contributed by atoms with Gasteiger partial charge in [0.25, 0.3) is 0 Å². The summed E-state index contributed by atoms with van der Waals surface area (Å²) in [6, 6.07) is 0. The Morgan fingerprint density at radius 3 is 1.67 bits per heavy atom. The molecule has 0 spiro atoms. The lowest BCUT2D eigenvalue weighted by molar-refractivity contribution is -0.116. The first-order valence-corrected chi connectivity index (χ1v) is 3.05. The Bertz CT molecular complexity index is 226. The predicted molar refractivity (Wildman–Crippen MR) is 34.5 cm³/mol. The molecule has 0 aromatic heterocycles. The van der Waals surface area contributed by atoms with E-state index in [4.69, 9.17) is 10.2 Å². The lowest BCUT2D eigenvalue weighted by Crippen LogP contribution is -2.43. The number of hydrazine groups is 1. The van der Waals surface area contributed by atoms with Gasteiger partial charge in [-0.2, -0.15) is 0 Å². The average molecular weight is 174 g/mol. The number of rotatable bonds is 0. The van der Waals surface area contributed by atoms with Crippen molar-refractivity contribution >= 4 is 18.0 Å². The van der Waals surface area contributed by atoms with E-state index in [9.17, 15) is 14.4 Å². The summed E-state index contributed by atoms with van der Waals surface area (Å²) in [5, 5.41) is 17.8. The molecule has 2 N–H and O–H groups in total. The standard InChI is InChI=1S/C5H6N2O5/c8-3-1-6(4(9)10)7(2-3)5(11)12/h1-2H2,(H,9,10)(H,11,12). The van der Waals surface area contributed by atoms with Crippen molar-refractivity contribution in [3.63, 3.8) is 0 Å². The molecule has 0 aliphatic carbocycles. The Balaban J connectivity index is 2.79. The van der Waals surface area contributed by atoms with E-state index in [1.165, 1.54) is 0 Å². The molecule has 0 saturated carbocycles. The van der Waals surface area contributed by atoms with E-state index in [-0.39, 0.29) is 13.1 Å². The third kappa shape index (κ3) is 1.29. The highest BCUT2D eigenvalue weighted by atomic mass is 16.4. The number of Topliss-reactive ketones (excluding diaryl/α,β-unsaturated/α-hetero) is 1. The SMILES string of the molecule is O=C1CN(C(=O)O)N(C(=O)O)C1. The maximum atomic E-state index is 10.7. The quantitative estimate of drug-likeness (QED) is 0.513. The molecule has 66 valence electrons.